The topological polar surface area (TPSA) is 56.2 Å². The van der Waals surface area contributed by atoms with E-state index in [9.17, 15) is 13.6 Å². The molecule has 0 radical (unpaired) electrons. The van der Waals surface area contributed by atoms with E-state index in [4.69, 9.17) is 4.74 Å². The third-order valence-corrected chi connectivity index (χ3v) is 5.46. The van der Waals surface area contributed by atoms with E-state index in [1.54, 1.807) is 24.9 Å². The van der Waals surface area contributed by atoms with E-state index in [-0.39, 0.29) is 5.69 Å². The maximum atomic E-state index is 13.8. The molecular weight excluding hydrogens is 384 g/mol. The first-order chi connectivity index (χ1) is 13.5. The van der Waals surface area contributed by atoms with Crippen LogP contribution >= 0.6 is 11.3 Å². The molecule has 4 rings (SSSR count). The molecule has 0 spiro atoms. The van der Waals surface area contributed by atoms with Crippen LogP contribution in [0.1, 0.15) is 9.67 Å². The van der Waals surface area contributed by atoms with Gasteiger partial charge in [0.1, 0.15) is 27.9 Å². The Labute approximate surface area is 163 Å². The van der Waals surface area contributed by atoms with Crippen molar-refractivity contribution >= 4 is 33.1 Å². The van der Waals surface area contributed by atoms with Crippen LogP contribution in [0.2, 0.25) is 0 Å². The molecule has 0 fully saturated rings. The number of aryl methyl sites for hydroxylation is 1. The number of anilines is 1. The van der Waals surface area contributed by atoms with Crippen molar-refractivity contribution in [2.75, 3.05) is 12.4 Å². The Morgan fingerprint density at radius 2 is 2.00 bits per heavy atom. The summed E-state index contributed by atoms with van der Waals surface area (Å²) in [5.41, 5.74) is 1.51. The van der Waals surface area contributed by atoms with Gasteiger partial charge >= 0.3 is 0 Å². The standard InChI is InChI=1S/C20H15F2N3O2S/c1-25-20-14(18(24-25)11-4-3-5-13(8-11)27-2)10-17(28-20)19(26)23-16-7-6-12(21)9-15(16)22/h3-10H,1-2H3,(H,23,26). The van der Waals surface area contributed by atoms with Crippen LogP contribution in [-0.4, -0.2) is 22.8 Å². The van der Waals surface area contributed by atoms with Crippen LogP contribution < -0.4 is 10.1 Å². The number of carbonyl (C=O) groups excluding carboxylic acids is 1. The van der Waals surface area contributed by atoms with Crippen molar-refractivity contribution in [3.63, 3.8) is 0 Å². The second kappa shape index (κ2) is 7.05. The van der Waals surface area contributed by atoms with E-state index in [0.29, 0.717) is 10.6 Å². The highest BCUT2D eigenvalue weighted by molar-refractivity contribution is 7.20. The van der Waals surface area contributed by atoms with Crippen molar-refractivity contribution in [1.82, 2.24) is 9.78 Å². The summed E-state index contributed by atoms with van der Waals surface area (Å²) in [5, 5.41) is 7.83. The van der Waals surface area contributed by atoms with Crippen LogP contribution in [0.25, 0.3) is 21.5 Å². The average molecular weight is 399 g/mol. The molecule has 8 heteroatoms. The monoisotopic (exact) mass is 399 g/mol. The Morgan fingerprint density at radius 3 is 2.75 bits per heavy atom. The third kappa shape index (κ3) is 3.22. The molecule has 0 aliphatic rings. The lowest BCUT2D eigenvalue weighted by atomic mass is 10.1. The van der Waals surface area contributed by atoms with Crippen LogP contribution in [0.4, 0.5) is 14.5 Å². The highest BCUT2D eigenvalue weighted by Gasteiger charge is 2.19. The maximum Gasteiger partial charge on any atom is 0.265 e. The summed E-state index contributed by atoms with van der Waals surface area (Å²) >= 11 is 1.25. The molecule has 0 unspecified atom stereocenters. The molecule has 2 aromatic heterocycles. The summed E-state index contributed by atoms with van der Waals surface area (Å²) in [6.07, 6.45) is 0. The fraction of sp³-hybridized carbons (Fsp3) is 0.100. The van der Waals surface area contributed by atoms with Crippen LogP contribution in [-0.2, 0) is 7.05 Å². The van der Waals surface area contributed by atoms with Gasteiger partial charge in [0.15, 0.2) is 0 Å². The van der Waals surface area contributed by atoms with Gasteiger partial charge in [0.2, 0.25) is 0 Å². The lowest BCUT2D eigenvalue weighted by Crippen LogP contribution is -2.11. The number of aromatic nitrogens is 2. The predicted molar refractivity (Wildman–Crippen MR) is 105 cm³/mol. The number of benzene rings is 2. The first-order valence-electron chi connectivity index (χ1n) is 8.33. The molecule has 2 aromatic carbocycles. The molecule has 4 aromatic rings. The van der Waals surface area contributed by atoms with E-state index >= 15 is 0 Å². The summed E-state index contributed by atoms with van der Waals surface area (Å²) in [6, 6.07) is 12.2. The second-order valence-corrected chi connectivity index (χ2v) is 7.14. The van der Waals surface area contributed by atoms with Gasteiger partial charge in [0.05, 0.1) is 17.7 Å². The second-order valence-electron chi connectivity index (χ2n) is 6.11. The van der Waals surface area contributed by atoms with Gasteiger partial charge < -0.3 is 10.1 Å². The Balaban J connectivity index is 1.70. The zero-order chi connectivity index (χ0) is 19.8. The minimum Gasteiger partial charge on any atom is -0.497 e. The molecule has 0 atom stereocenters. The number of nitrogens with one attached hydrogen (secondary N) is 1. The number of halogens is 2. The van der Waals surface area contributed by atoms with Gasteiger partial charge in [-0.2, -0.15) is 5.10 Å². The highest BCUT2D eigenvalue weighted by Crippen LogP contribution is 2.35. The number of rotatable bonds is 4. The first-order valence-corrected chi connectivity index (χ1v) is 9.15. The SMILES string of the molecule is COc1cccc(-c2nn(C)c3sc(C(=O)Nc4ccc(F)cc4F)cc23)c1. The molecule has 2 heterocycles. The summed E-state index contributed by atoms with van der Waals surface area (Å²) in [4.78, 5) is 13.8. The predicted octanol–water partition coefficient (Wildman–Crippen LogP) is 4.84. The molecule has 0 saturated carbocycles. The maximum absolute atomic E-state index is 13.8. The Bertz CT molecular complexity index is 1200. The number of hydrogen-bond donors (Lipinski definition) is 1. The van der Waals surface area contributed by atoms with Gasteiger partial charge in [-0.25, -0.2) is 8.78 Å². The molecule has 0 bridgehead atoms. The summed E-state index contributed by atoms with van der Waals surface area (Å²) < 4.78 is 33.8. The van der Waals surface area contributed by atoms with E-state index in [0.717, 1.165) is 33.6 Å². The molecule has 5 nitrogen and oxygen atoms in total. The van der Waals surface area contributed by atoms with Crippen LogP contribution in [0.3, 0.4) is 0 Å². The smallest absolute Gasteiger partial charge is 0.265 e. The minimum absolute atomic E-state index is 0.0741. The zero-order valence-electron chi connectivity index (χ0n) is 15.0. The largest absolute Gasteiger partial charge is 0.497 e. The summed E-state index contributed by atoms with van der Waals surface area (Å²) in [5.74, 6) is -1.29. The van der Waals surface area contributed by atoms with Crippen molar-refractivity contribution in [3.05, 3.63) is 65.0 Å². The number of methoxy groups -OCH3 is 1. The molecule has 0 aliphatic carbocycles. The van der Waals surface area contributed by atoms with Gasteiger partial charge in [0.25, 0.3) is 5.91 Å². The lowest BCUT2D eigenvalue weighted by molar-refractivity contribution is 0.103. The summed E-state index contributed by atoms with van der Waals surface area (Å²) in [7, 11) is 3.39. The van der Waals surface area contributed by atoms with Crippen molar-refractivity contribution in [1.29, 1.82) is 0 Å². The van der Waals surface area contributed by atoms with E-state index in [1.807, 2.05) is 24.3 Å². The molecule has 142 valence electrons. The van der Waals surface area contributed by atoms with Crippen molar-refractivity contribution in [3.8, 4) is 17.0 Å². The normalized spacial score (nSPS) is 11.0. The van der Waals surface area contributed by atoms with Crippen LogP contribution in [0, 0.1) is 11.6 Å². The van der Waals surface area contributed by atoms with Gasteiger partial charge in [-0.3, -0.25) is 9.48 Å². The lowest BCUT2D eigenvalue weighted by Gasteiger charge is -2.05. The number of thiophene rings is 1. The first kappa shape index (κ1) is 18.1. The van der Waals surface area contributed by atoms with Gasteiger partial charge in [0, 0.05) is 24.1 Å². The van der Waals surface area contributed by atoms with E-state index in [2.05, 4.69) is 10.4 Å². The quantitative estimate of drug-likeness (QED) is 0.534. The molecular formula is C20H15F2N3O2S. The van der Waals surface area contributed by atoms with Crippen molar-refractivity contribution in [2.24, 2.45) is 7.05 Å². The fourth-order valence-corrected chi connectivity index (χ4v) is 3.88. The molecule has 1 amide bonds. The number of fused-ring (bicyclic) bond motifs is 1. The number of nitrogens with zero attached hydrogens (tertiary/aromatic N) is 2. The Morgan fingerprint density at radius 1 is 1.18 bits per heavy atom. The highest BCUT2D eigenvalue weighted by atomic mass is 32.1. The third-order valence-electron chi connectivity index (χ3n) is 4.26. The number of ether oxygens (including phenoxy) is 1. The zero-order valence-corrected chi connectivity index (χ0v) is 15.8. The minimum atomic E-state index is -0.826. The molecule has 0 saturated heterocycles. The number of amides is 1. The molecule has 28 heavy (non-hydrogen) atoms. The van der Waals surface area contributed by atoms with Crippen LogP contribution in [0.15, 0.2) is 48.5 Å². The van der Waals surface area contributed by atoms with Crippen molar-refractivity contribution in [2.45, 2.75) is 0 Å². The Hall–Kier alpha value is -3.26. The van der Waals surface area contributed by atoms with E-state index in [1.165, 1.54) is 17.4 Å². The van der Waals surface area contributed by atoms with E-state index < -0.39 is 17.5 Å². The molecule has 0 aliphatic heterocycles. The van der Waals surface area contributed by atoms with Gasteiger partial charge in [-0.1, -0.05) is 12.1 Å². The van der Waals surface area contributed by atoms with Crippen molar-refractivity contribution < 1.29 is 18.3 Å². The van der Waals surface area contributed by atoms with Crippen LogP contribution in [0.5, 0.6) is 5.75 Å². The van der Waals surface area contributed by atoms with Gasteiger partial charge in [-0.05, 0) is 30.3 Å². The summed E-state index contributed by atoms with van der Waals surface area (Å²) in [6.45, 7) is 0. The number of carbonyl (C=O) groups is 1. The van der Waals surface area contributed by atoms with Gasteiger partial charge in [-0.15, -0.1) is 11.3 Å². The average Bonchev–Trinajstić information content (AvgIpc) is 3.25. The Kier molecular flexibility index (Phi) is 4.56. The fourth-order valence-electron chi connectivity index (χ4n) is 2.91. The number of hydrogen-bond acceptors (Lipinski definition) is 4. The molecule has 1 N–H and O–H groups in total.